The first kappa shape index (κ1) is 7.33. The van der Waals surface area contributed by atoms with Crippen molar-refractivity contribution in [3.05, 3.63) is 35.5 Å². The van der Waals surface area contributed by atoms with E-state index in [2.05, 4.69) is 38.2 Å². The summed E-state index contributed by atoms with van der Waals surface area (Å²) in [6.45, 7) is 4.41. The average molecular weight is 134 g/mol. The first-order valence-corrected chi connectivity index (χ1v) is 3.86. The molecule has 0 nitrogen and oxygen atoms in total. The molecule has 0 aliphatic heterocycles. The van der Waals surface area contributed by atoms with Gasteiger partial charge in [-0.3, -0.25) is 0 Å². The molecule has 0 aromatic carbocycles. The molecular weight excluding hydrogens is 120 g/mol. The smallest absolute Gasteiger partial charge is 0.00949 e. The van der Waals surface area contributed by atoms with Gasteiger partial charge in [-0.15, -0.1) is 0 Å². The summed E-state index contributed by atoms with van der Waals surface area (Å²) in [5.41, 5.74) is 3.01. The highest BCUT2D eigenvalue weighted by Gasteiger charge is 1.96. The van der Waals surface area contributed by atoms with Crippen molar-refractivity contribution in [2.45, 2.75) is 26.7 Å². The summed E-state index contributed by atoms with van der Waals surface area (Å²) in [5, 5.41) is 0. The summed E-state index contributed by atoms with van der Waals surface area (Å²) in [6.07, 6.45) is 10.9. The van der Waals surface area contributed by atoms with Crippen LogP contribution in [0, 0.1) is 0 Å². The van der Waals surface area contributed by atoms with Crippen molar-refractivity contribution in [3.63, 3.8) is 0 Å². The van der Waals surface area contributed by atoms with Gasteiger partial charge in [0.05, 0.1) is 0 Å². The summed E-state index contributed by atoms with van der Waals surface area (Å²) in [7, 11) is 0. The van der Waals surface area contributed by atoms with Crippen LogP contribution in [0.25, 0.3) is 0 Å². The Bertz CT molecular complexity index is 192. The molecule has 0 unspecified atom stereocenters. The lowest BCUT2D eigenvalue weighted by Crippen LogP contribution is -1.85. The lowest BCUT2D eigenvalue weighted by Gasteiger charge is -2.05. The van der Waals surface area contributed by atoms with Crippen LogP contribution in [0.1, 0.15) is 26.7 Å². The molecule has 0 heteroatoms. The van der Waals surface area contributed by atoms with Gasteiger partial charge in [-0.05, 0) is 25.3 Å². The molecule has 54 valence electrons. The molecule has 0 N–H and O–H groups in total. The summed E-state index contributed by atoms with van der Waals surface area (Å²) < 4.78 is 0. The van der Waals surface area contributed by atoms with E-state index in [1.807, 2.05) is 0 Å². The fourth-order valence-electron chi connectivity index (χ4n) is 1.06. The van der Waals surface area contributed by atoms with Crippen molar-refractivity contribution < 1.29 is 0 Å². The fourth-order valence-corrected chi connectivity index (χ4v) is 1.06. The van der Waals surface area contributed by atoms with Crippen molar-refractivity contribution >= 4 is 0 Å². The standard InChI is InChI=1S/C10H14/c1-3-9(2)10-7-5-4-6-8-10/h4-7H,3,8H2,1-2H3/b10-9-. The number of allylic oxidation sites excluding steroid dienone is 6. The van der Waals surface area contributed by atoms with Gasteiger partial charge in [-0.2, -0.15) is 0 Å². The summed E-state index contributed by atoms with van der Waals surface area (Å²) >= 11 is 0. The second-order valence-electron chi connectivity index (χ2n) is 2.65. The zero-order chi connectivity index (χ0) is 7.40. The molecule has 0 fully saturated rings. The molecule has 0 saturated heterocycles. The van der Waals surface area contributed by atoms with Gasteiger partial charge in [0.15, 0.2) is 0 Å². The lowest BCUT2D eigenvalue weighted by atomic mass is 10.0. The molecule has 0 aromatic rings. The maximum atomic E-state index is 2.21. The van der Waals surface area contributed by atoms with Gasteiger partial charge >= 0.3 is 0 Å². The topological polar surface area (TPSA) is 0 Å². The van der Waals surface area contributed by atoms with Crippen LogP contribution >= 0.6 is 0 Å². The quantitative estimate of drug-likeness (QED) is 0.516. The van der Waals surface area contributed by atoms with Crippen molar-refractivity contribution in [2.75, 3.05) is 0 Å². The van der Waals surface area contributed by atoms with Gasteiger partial charge in [0.25, 0.3) is 0 Å². The molecular formula is C10H14. The van der Waals surface area contributed by atoms with Crippen molar-refractivity contribution in [3.8, 4) is 0 Å². The minimum atomic E-state index is 1.12. The van der Waals surface area contributed by atoms with Crippen LogP contribution in [0.3, 0.4) is 0 Å². The first-order valence-electron chi connectivity index (χ1n) is 3.86. The van der Waals surface area contributed by atoms with Crippen LogP contribution in [-0.4, -0.2) is 0 Å². The Kier molecular flexibility index (Phi) is 2.49. The second-order valence-corrected chi connectivity index (χ2v) is 2.65. The van der Waals surface area contributed by atoms with Crippen molar-refractivity contribution in [1.29, 1.82) is 0 Å². The SMILES string of the molecule is CC/C(C)=C1/C=CC=CC1. The Hall–Kier alpha value is -0.780. The molecule has 0 heterocycles. The summed E-state index contributed by atoms with van der Waals surface area (Å²) in [6, 6.07) is 0. The number of hydrogen-bond acceptors (Lipinski definition) is 0. The first-order chi connectivity index (χ1) is 4.84. The van der Waals surface area contributed by atoms with E-state index in [4.69, 9.17) is 0 Å². The third-order valence-electron chi connectivity index (χ3n) is 1.96. The molecule has 0 saturated carbocycles. The Morgan fingerprint density at radius 1 is 1.50 bits per heavy atom. The third-order valence-corrected chi connectivity index (χ3v) is 1.96. The second kappa shape index (κ2) is 3.40. The minimum absolute atomic E-state index is 1.12. The van der Waals surface area contributed by atoms with Crippen LogP contribution < -0.4 is 0 Å². The molecule has 0 amide bonds. The highest BCUT2D eigenvalue weighted by Crippen LogP contribution is 2.16. The van der Waals surface area contributed by atoms with Crippen LogP contribution in [0.5, 0.6) is 0 Å². The monoisotopic (exact) mass is 134 g/mol. The van der Waals surface area contributed by atoms with E-state index in [9.17, 15) is 0 Å². The van der Waals surface area contributed by atoms with Crippen LogP contribution in [0.15, 0.2) is 35.5 Å². The van der Waals surface area contributed by atoms with Gasteiger partial charge in [0.2, 0.25) is 0 Å². The Morgan fingerprint density at radius 3 is 2.80 bits per heavy atom. The zero-order valence-electron chi connectivity index (χ0n) is 6.72. The normalized spacial score (nSPS) is 21.4. The van der Waals surface area contributed by atoms with Crippen LogP contribution in [0.4, 0.5) is 0 Å². The largest absolute Gasteiger partial charge is 0.0801 e. The molecule has 0 aromatic heterocycles. The Balaban J connectivity index is 2.74. The maximum Gasteiger partial charge on any atom is -0.00949 e. The van der Waals surface area contributed by atoms with E-state index in [0.29, 0.717) is 0 Å². The molecule has 0 radical (unpaired) electrons. The highest BCUT2D eigenvalue weighted by atomic mass is 14.0. The van der Waals surface area contributed by atoms with Gasteiger partial charge in [-0.25, -0.2) is 0 Å². The van der Waals surface area contributed by atoms with E-state index in [-0.39, 0.29) is 0 Å². The van der Waals surface area contributed by atoms with Crippen molar-refractivity contribution in [1.82, 2.24) is 0 Å². The summed E-state index contributed by atoms with van der Waals surface area (Å²) in [5.74, 6) is 0. The Morgan fingerprint density at radius 2 is 2.30 bits per heavy atom. The summed E-state index contributed by atoms with van der Waals surface area (Å²) in [4.78, 5) is 0. The predicted octanol–water partition coefficient (Wildman–Crippen LogP) is 3.23. The third kappa shape index (κ3) is 1.60. The predicted molar refractivity (Wildman–Crippen MR) is 45.9 cm³/mol. The average Bonchev–Trinajstić information content (AvgIpc) is 2.05. The van der Waals surface area contributed by atoms with E-state index in [0.717, 1.165) is 6.42 Å². The molecule has 0 bridgehead atoms. The molecule has 1 aliphatic carbocycles. The van der Waals surface area contributed by atoms with Gasteiger partial charge < -0.3 is 0 Å². The molecule has 10 heavy (non-hydrogen) atoms. The minimum Gasteiger partial charge on any atom is -0.0801 e. The molecule has 0 atom stereocenters. The molecule has 1 rings (SSSR count). The van der Waals surface area contributed by atoms with Crippen LogP contribution in [0.2, 0.25) is 0 Å². The Labute approximate surface area is 62.9 Å². The maximum absolute atomic E-state index is 2.21. The van der Waals surface area contributed by atoms with E-state index in [1.165, 1.54) is 17.6 Å². The number of rotatable bonds is 1. The lowest BCUT2D eigenvalue weighted by molar-refractivity contribution is 1.04. The van der Waals surface area contributed by atoms with Crippen LogP contribution in [-0.2, 0) is 0 Å². The van der Waals surface area contributed by atoms with Crippen molar-refractivity contribution in [2.24, 2.45) is 0 Å². The number of hydrogen-bond donors (Lipinski definition) is 0. The van der Waals surface area contributed by atoms with Gasteiger partial charge in [0, 0.05) is 0 Å². The molecule has 1 aliphatic rings. The fraction of sp³-hybridized carbons (Fsp3) is 0.400. The highest BCUT2D eigenvalue weighted by molar-refractivity contribution is 5.32. The zero-order valence-corrected chi connectivity index (χ0v) is 6.72. The van der Waals surface area contributed by atoms with E-state index in [1.54, 1.807) is 0 Å². The molecule has 0 spiro atoms. The van der Waals surface area contributed by atoms with E-state index >= 15 is 0 Å². The van der Waals surface area contributed by atoms with E-state index < -0.39 is 0 Å². The van der Waals surface area contributed by atoms with Gasteiger partial charge in [-0.1, -0.05) is 36.8 Å². The van der Waals surface area contributed by atoms with Gasteiger partial charge in [0.1, 0.15) is 0 Å².